The minimum Gasteiger partial charge on any atom is -0.490 e. The zero-order valence-electron chi connectivity index (χ0n) is 12.3. The van der Waals surface area contributed by atoms with Gasteiger partial charge in [0.05, 0.1) is 21.8 Å². The molecule has 1 atom stereocenters. The molecule has 8 nitrogen and oxygen atoms in total. The van der Waals surface area contributed by atoms with Crippen LogP contribution >= 0.6 is 11.6 Å². The molecule has 0 aromatic heterocycles. The van der Waals surface area contributed by atoms with Crippen LogP contribution < -0.4 is 9.47 Å². The largest absolute Gasteiger partial charge is 0.490 e. The molecule has 0 amide bonds. The number of non-ortho nitro benzene ring substituents is 1. The number of nitrogens with zero attached hydrogens (tertiary/aromatic N) is 2. The number of hydrogen-bond donors (Lipinski definition) is 0. The number of para-hydroxylation sites is 1. The standard InChI is InChI=1S/C15H13ClN2O6/c16-9-13(10-23-12-4-2-1-3-5-12)24-15-7-6-11(17(19)20)8-14(15)18(21)22/h1-8,13H,9-10H2. The number of nitro groups is 2. The molecule has 0 aliphatic carbocycles. The highest BCUT2D eigenvalue weighted by Crippen LogP contribution is 2.31. The first-order valence-electron chi connectivity index (χ1n) is 6.84. The summed E-state index contributed by atoms with van der Waals surface area (Å²) in [5, 5.41) is 21.8. The molecule has 2 aromatic rings. The minimum absolute atomic E-state index is 0.0287. The normalized spacial score (nSPS) is 11.5. The molecular weight excluding hydrogens is 340 g/mol. The smallest absolute Gasteiger partial charge is 0.317 e. The van der Waals surface area contributed by atoms with E-state index < -0.39 is 27.3 Å². The van der Waals surface area contributed by atoms with Crippen molar-refractivity contribution in [3.05, 3.63) is 68.8 Å². The first-order valence-corrected chi connectivity index (χ1v) is 7.38. The van der Waals surface area contributed by atoms with Gasteiger partial charge < -0.3 is 9.47 Å². The molecule has 0 radical (unpaired) electrons. The Hall–Kier alpha value is -2.87. The molecule has 2 aromatic carbocycles. The van der Waals surface area contributed by atoms with E-state index in [0.29, 0.717) is 5.75 Å². The van der Waals surface area contributed by atoms with Gasteiger partial charge in [-0.05, 0) is 18.2 Å². The van der Waals surface area contributed by atoms with Gasteiger partial charge in [-0.1, -0.05) is 18.2 Å². The van der Waals surface area contributed by atoms with Crippen LogP contribution in [0, 0.1) is 20.2 Å². The summed E-state index contributed by atoms with van der Waals surface area (Å²) in [5.74, 6) is 0.531. The van der Waals surface area contributed by atoms with Crippen molar-refractivity contribution in [2.45, 2.75) is 6.10 Å². The summed E-state index contributed by atoms with van der Waals surface area (Å²) >= 11 is 5.81. The van der Waals surface area contributed by atoms with Crippen molar-refractivity contribution >= 4 is 23.0 Å². The number of hydrogen-bond acceptors (Lipinski definition) is 6. The topological polar surface area (TPSA) is 105 Å². The average molecular weight is 353 g/mol. The maximum Gasteiger partial charge on any atom is 0.317 e. The van der Waals surface area contributed by atoms with Crippen molar-refractivity contribution in [2.24, 2.45) is 0 Å². The predicted octanol–water partition coefficient (Wildman–Crippen LogP) is 3.57. The second-order valence-electron chi connectivity index (χ2n) is 4.68. The summed E-state index contributed by atoms with van der Waals surface area (Å²) in [4.78, 5) is 20.4. The molecule has 0 N–H and O–H groups in total. The van der Waals surface area contributed by atoms with Gasteiger partial charge in [0.2, 0.25) is 0 Å². The molecule has 126 valence electrons. The summed E-state index contributed by atoms with van der Waals surface area (Å²) in [6.07, 6.45) is -0.660. The highest BCUT2D eigenvalue weighted by molar-refractivity contribution is 6.18. The summed E-state index contributed by atoms with van der Waals surface area (Å²) in [6, 6.07) is 12.1. The zero-order chi connectivity index (χ0) is 17.5. The maximum absolute atomic E-state index is 11.1. The van der Waals surface area contributed by atoms with Crippen LogP contribution in [0.1, 0.15) is 0 Å². The van der Waals surface area contributed by atoms with Crippen molar-refractivity contribution in [3.8, 4) is 11.5 Å². The number of benzene rings is 2. The maximum atomic E-state index is 11.1. The number of halogens is 1. The van der Waals surface area contributed by atoms with Gasteiger partial charge in [-0.3, -0.25) is 20.2 Å². The Labute approximate surface area is 141 Å². The Morgan fingerprint density at radius 1 is 1.04 bits per heavy atom. The molecule has 0 heterocycles. The van der Waals surface area contributed by atoms with E-state index in [-0.39, 0.29) is 18.2 Å². The van der Waals surface area contributed by atoms with E-state index in [2.05, 4.69) is 0 Å². The highest BCUT2D eigenvalue weighted by Gasteiger charge is 2.23. The van der Waals surface area contributed by atoms with Crippen LogP contribution in [-0.2, 0) is 0 Å². The van der Waals surface area contributed by atoms with Gasteiger partial charge in [-0.2, -0.15) is 0 Å². The summed E-state index contributed by atoms with van der Waals surface area (Å²) < 4.78 is 11.0. The first-order chi connectivity index (χ1) is 11.5. The van der Waals surface area contributed by atoms with Crippen molar-refractivity contribution in [2.75, 3.05) is 12.5 Å². The Kier molecular flexibility index (Phi) is 5.91. The second-order valence-corrected chi connectivity index (χ2v) is 4.99. The van der Waals surface area contributed by atoms with Gasteiger partial charge in [-0.15, -0.1) is 11.6 Å². The van der Waals surface area contributed by atoms with Gasteiger partial charge in [0.25, 0.3) is 5.69 Å². The Morgan fingerprint density at radius 2 is 1.75 bits per heavy atom. The summed E-state index contributed by atoms with van der Waals surface area (Å²) in [5.41, 5.74) is -0.893. The van der Waals surface area contributed by atoms with Crippen LogP contribution in [0.15, 0.2) is 48.5 Å². The lowest BCUT2D eigenvalue weighted by Gasteiger charge is -2.17. The molecule has 0 fully saturated rings. The van der Waals surface area contributed by atoms with E-state index in [1.165, 1.54) is 6.07 Å². The van der Waals surface area contributed by atoms with E-state index >= 15 is 0 Å². The molecule has 0 aliphatic rings. The predicted molar refractivity (Wildman–Crippen MR) is 86.8 cm³/mol. The lowest BCUT2D eigenvalue weighted by atomic mass is 10.2. The average Bonchev–Trinajstić information content (AvgIpc) is 2.59. The summed E-state index contributed by atoms with van der Waals surface area (Å²) in [7, 11) is 0. The number of nitro benzene ring substituents is 2. The molecule has 0 bridgehead atoms. The second kappa shape index (κ2) is 8.11. The van der Waals surface area contributed by atoms with E-state index in [1.54, 1.807) is 24.3 Å². The molecule has 24 heavy (non-hydrogen) atoms. The summed E-state index contributed by atoms with van der Waals surface area (Å²) in [6.45, 7) is 0.0711. The monoisotopic (exact) mass is 352 g/mol. The van der Waals surface area contributed by atoms with Crippen LogP contribution in [0.4, 0.5) is 11.4 Å². The molecule has 0 aliphatic heterocycles. The molecule has 0 saturated heterocycles. The van der Waals surface area contributed by atoms with Crippen molar-refractivity contribution in [1.82, 2.24) is 0 Å². The van der Waals surface area contributed by atoms with Crippen LogP contribution in [0.3, 0.4) is 0 Å². The van der Waals surface area contributed by atoms with Crippen molar-refractivity contribution in [1.29, 1.82) is 0 Å². The van der Waals surface area contributed by atoms with E-state index in [1.807, 2.05) is 6.07 Å². The molecule has 2 rings (SSSR count). The molecule has 1 unspecified atom stereocenters. The van der Waals surface area contributed by atoms with Gasteiger partial charge in [0.1, 0.15) is 18.5 Å². The Bertz CT molecular complexity index is 725. The molecule has 9 heteroatoms. The fourth-order valence-electron chi connectivity index (χ4n) is 1.86. The van der Waals surface area contributed by atoms with Crippen molar-refractivity contribution in [3.63, 3.8) is 0 Å². The van der Waals surface area contributed by atoms with Gasteiger partial charge in [0.15, 0.2) is 5.75 Å². The highest BCUT2D eigenvalue weighted by atomic mass is 35.5. The Morgan fingerprint density at radius 3 is 2.33 bits per heavy atom. The van der Waals surface area contributed by atoms with Crippen LogP contribution in [0.25, 0.3) is 0 Å². The lowest BCUT2D eigenvalue weighted by Crippen LogP contribution is -2.27. The number of ether oxygens (including phenoxy) is 2. The third kappa shape index (κ3) is 4.56. The third-order valence-electron chi connectivity index (χ3n) is 2.99. The van der Waals surface area contributed by atoms with E-state index in [0.717, 1.165) is 12.1 Å². The van der Waals surface area contributed by atoms with Crippen LogP contribution in [0.5, 0.6) is 11.5 Å². The van der Waals surface area contributed by atoms with Crippen LogP contribution in [0.2, 0.25) is 0 Å². The zero-order valence-corrected chi connectivity index (χ0v) is 13.1. The van der Waals surface area contributed by atoms with Crippen LogP contribution in [-0.4, -0.2) is 28.4 Å². The van der Waals surface area contributed by atoms with Crippen molar-refractivity contribution < 1.29 is 19.3 Å². The van der Waals surface area contributed by atoms with Gasteiger partial charge in [-0.25, -0.2) is 0 Å². The fourth-order valence-corrected chi connectivity index (χ4v) is 2.01. The number of rotatable bonds is 8. The van der Waals surface area contributed by atoms with E-state index in [9.17, 15) is 20.2 Å². The van der Waals surface area contributed by atoms with Gasteiger partial charge in [0, 0.05) is 6.07 Å². The van der Waals surface area contributed by atoms with Gasteiger partial charge >= 0.3 is 5.69 Å². The fraction of sp³-hybridized carbons (Fsp3) is 0.200. The Balaban J connectivity index is 2.12. The SMILES string of the molecule is O=[N+]([O-])c1ccc(OC(CCl)COc2ccccc2)c([N+](=O)[O-])c1. The molecule has 0 spiro atoms. The van der Waals surface area contributed by atoms with E-state index in [4.69, 9.17) is 21.1 Å². The quantitative estimate of drug-likeness (QED) is 0.408. The minimum atomic E-state index is -0.744. The third-order valence-corrected chi connectivity index (χ3v) is 3.34. The molecular formula is C15H13ClN2O6. The number of alkyl halides is 1. The lowest BCUT2D eigenvalue weighted by molar-refractivity contribution is -0.394. The first kappa shape index (κ1) is 17.5. The molecule has 0 saturated carbocycles.